The summed E-state index contributed by atoms with van der Waals surface area (Å²) >= 11 is 0. The van der Waals surface area contributed by atoms with Crippen LogP contribution >= 0.6 is 0 Å². The highest BCUT2D eigenvalue weighted by Crippen LogP contribution is 2.41. The number of halogens is 2. The highest BCUT2D eigenvalue weighted by atomic mass is 19.3. The molecule has 0 amide bonds. The highest BCUT2D eigenvalue weighted by Gasteiger charge is 2.34. The fourth-order valence-electron chi connectivity index (χ4n) is 4.16. The van der Waals surface area contributed by atoms with E-state index in [2.05, 4.69) is 30.4 Å². The fourth-order valence-corrected chi connectivity index (χ4v) is 4.16. The Kier molecular flexibility index (Phi) is 8.33. The van der Waals surface area contributed by atoms with Crippen LogP contribution in [0.25, 0.3) is 11.4 Å². The quantitative estimate of drug-likeness (QED) is 0.269. The van der Waals surface area contributed by atoms with Gasteiger partial charge >= 0.3 is 5.92 Å². The largest absolute Gasteiger partial charge is 0.494 e. The van der Waals surface area contributed by atoms with Crippen LogP contribution in [0.15, 0.2) is 49.2 Å². The first-order valence-corrected chi connectivity index (χ1v) is 12.5. The summed E-state index contributed by atoms with van der Waals surface area (Å²) in [7, 11) is 8.26. The smallest absolute Gasteiger partial charge is 0.303 e. The standard InChI is InChI=1S/C27H31F2N9O2/c1-7-21(39)18-12-31-23(34-24-14-30-22(13-32-24)27(28,29)15-36(2)3)11-20(18)38(5)19-10-8-9-17(25(19)40-6)26-33-16-37(4)35-26/h8-14,16H,7,15H2,1-6H3,(H,31,32,34). The molecule has 0 bridgehead atoms. The van der Waals surface area contributed by atoms with Crippen LogP contribution in [-0.4, -0.2) is 75.2 Å². The molecule has 0 atom stereocenters. The Morgan fingerprint density at radius 2 is 1.80 bits per heavy atom. The van der Waals surface area contributed by atoms with Crippen molar-refractivity contribution in [2.45, 2.75) is 19.3 Å². The molecule has 1 aromatic carbocycles. The predicted molar refractivity (Wildman–Crippen MR) is 148 cm³/mol. The van der Waals surface area contributed by atoms with Crippen molar-refractivity contribution >= 4 is 28.8 Å². The maximum atomic E-state index is 14.4. The first-order valence-electron chi connectivity index (χ1n) is 12.5. The Morgan fingerprint density at radius 3 is 2.40 bits per heavy atom. The monoisotopic (exact) mass is 551 g/mol. The highest BCUT2D eigenvalue weighted by molar-refractivity contribution is 6.02. The third-order valence-electron chi connectivity index (χ3n) is 6.06. The molecule has 13 heteroatoms. The van der Waals surface area contributed by atoms with E-state index in [0.717, 1.165) is 6.20 Å². The van der Waals surface area contributed by atoms with Crippen molar-refractivity contribution in [3.63, 3.8) is 0 Å². The molecule has 0 aliphatic heterocycles. The van der Waals surface area contributed by atoms with Crippen molar-refractivity contribution < 1.29 is 18.3 Å². The molecule has 3 heterocycles. The molecule has 0 radical (unpaired) electrons. The van der Waals surface area contributed by atoms with Gasteiger partial charge in [-0.05, 0) is 26.2 Å². The van der Waals surface area contributed by atoms with Gasteiger partial charge < -0.3 is 19.9 Å². The number of rotatable bonds is 11. The Balaban J connectivity index is 1.70. The number of Topliss-reactive ketones (excluding diaryl/α,β-unsaturated/α-hetero) is 1. The number of carbonyl (C=O) groups excluding carboxylic acids is 1. The van der Waals surface area contributed by atoms with E-state index < -0.39 is 18.2 Å². The number of aryl methyl sites for hydroxylation is 1. The molecular formula is C27H31F2N9O2. The molecule has 11 nitrogen and oxygen atoms in total. The van der Waals surface area contributed by atoms with Gasteiger partial charge in [0.2, 0.25) is 0 Å². The molecule has 4 aromatic rings. The van der Waals surface area contributed by atoms with Gasteiger partial charge in [0, 0.05) is 32.8 Å². The van der Waals surface area contributed by atoms with Gasteiger partial charge in [-0.2, -0.15) is 13.9 Å². The van der Waals surface area contributed by atoms with E-state index in [0.29, 0.717) is 39.9 Å². The molecule has 0 saturated heterocycles. The van der Waals surface area contributed by atoms with E-state index in [1.54, 1.807) is 59.3 Å². The summed E-state index contributed by atoms with van der Waals surface area (Å²) in [6.07, 6.45) is 5.61. The Labute approximate surface area is 230 Å². The Bertz CT molecular complexity index is 1490. The van der Waals surface area contributed by atoms with E-state index in [9.17, 15) is 13.6 Å². The summed E-state index contributed by atoms with van der Waals surface area (Å²) in [5, 5.41) is 7.38. The Hall–Kier alpha value is -4.52. The number of likely N-dealkylation sites (N-methyl/N-ethyl adjacent to an activating group) is 1. The SMILES string of the molecule is CCC(=O)c1cnc(Nc2cnc(C(F)(F)CN(C)C)cn2)cc1N(C)c1cccc(-c2ncn(C)n2)c1OC. The zero-order chi connectivity index (χ0) is 29.0. The lowest BCUT2D eigenvalue weighted by atomic mass is 10.1. The van der Waals surface area contributed by atoms with Gasteiger partial charge in [-0.15, -0.1) is 0 Å². The zero-order valence-electron chi connectivity index (χ0n) is 23.2. The zero-order valence-corrected chi connectivity index (χ0v) is 23.2. The number of ketones is 1. The second kappa shape index (κ2) is 11.7. The second-order valence-electron chi connectivity index (χ2n) is 9.38. The summed E-state index contributed by atoms with van der Waals surface area (Å²) < 4.78 is 36.1. The number of para-hydroxylation sites is 1. The third-order valence-corrected chi connectivity index (χ3v) is 6.06. The molecule has 0 aliphatic carbocycles. The summed E-state index contributed by atoms with van der Waals surface area (Å²) in [5.41, 5.74) is 1.88. The number of anilines is 4. The lowest BCUT2D eigenvalue weighted by Crippen LogP contribution is -2.30. The molecule has 0 unspecified atom stereocenters. The van der Waals surface area contributed by atoms with Crippen molar-refractivity contribution in [2.75, 3.05) is 45.0 Å². The van der Waals surface area contributed by atoms with Gasteiger partial charge in [0.15, 0.2) is 17.4 Å². The summed E-state index contributed by atoms with van der Waals surface area (Å²) in [6.45, 7) is 1.29. The molecule has 0 fully saturated rings. The van der Waals surface area contributed by atoms with E-state index in [1.165, 1.54) is 17.3 Å². The van der Waals surface area contributed by atoms with Crippen molar-refractivity contribution in [3.05, 3.63) is 60.4 Å². The van der Waals surface area contributed by atoms with Crippen LogP contribution in [0.4, 0.5) is 31.8 Å². The van der Waals surface area contributed by atoms with E-state index in [1.807, 2.05) is 23.1 Å². The van der Waals surface area contributed by atoms with Crippen molar-refractivity contribution in [1.82, 2.24) is 34.6 Å². The van der Waals surface area contributed by atoms with Gasteiger partial charge in [0.25, 0.3) is 0 Å². The number of carbonyl (C=O) groups is 1. The molecule has 40 heavy (non-hydrogen) atoms. The van der Waals surface area contributed by atoms with Gasteiger partial charge in [-0.25, -0.2) is 19.9 Å². The van der Waals surface area contributed by atoms with Crippen LogP contribution in [0.3, 0.4) is 0 Å². The first-order chi connectivity index (χ1) is 19.0. The maximum absolute atomic E-state index is 14.4. The van der Waals surface area contributed by atoms with Gasteiger partial charge in [-0.3, -0.25) is 9.48 Å². The van der Waals surface area contributed by atoms with Gasteiger partial charge in [0.05, 0.1) is 48.5 Å². The number of methoxy groups -OCH3 is 1. The van der Waals surface area contributed by atoms with Crippen LogP contribution in [-0.2, 0) is 13.0 Å². The van der Waals surface area contributed by atoms with E-state index >= 15 is 0 Å². The predicted octanol–water partition coefficient (Wildman–Crippen LogP) is 4.43. The number of ether oxygens (including phenoxy) is 1. The number of hydrogen-bond donors (Lipinski definition) is 1. The van der Waals surface area contributed by atoms with Crippen LogP contribution in [0.5, 0.6) is 5.75 Å². The molecule has 0 saturated carbocycles. The Morgan fingerprint density at radius 1 is 1.05 bits per heavy atom. The molecule has 3 aromatic heterocycles. The van der Waals surface area contributed by atoms with E-state index in [4.69, 9.17) is 4.74 Å². The summed E-state index contributed by atoms with van der Waals surface area (Å²) in [4.78, 5) is 32.8. The maximum Gasteiger partial charge on any atom is 0.303 e. The summed E-state index contributed by atoms with van der Waals surface area (Å²) in [5.74, 6) is -1.66. The minimum Gasteiger partial charge on any atom is -0.494 e. The van der Waals surface area contributed by atoms with Crippen molar-refractivity contribution in [2.24, 2.45) is 7.05 Å². The number of pyridine rings is 1. The first kappa shape index (κ1) is 28.5. The minimum absolute atomic E-state index is 0.102. The minimum atomic E-state index is -3.15. The number of nitrogens with zero attached hydrogens (tertiary/aromatic N) is 8. The number of benzene rings is 1. The molecule has 0 aliphatic rings. The molecule has 4 rings (SSSR count). The van der Waals surface area contributed by atoms with Crippen LogP contribution in [0.1, 0.15) is 29.4 Å². The number of hydrogen-bond acceptors (Lipinski definition) is 10. The topological polar surface area (TPSA) is 114 Å². The average Bonchev–Trinajstić information content (AvgIpc) is 3.37. The molecule has 0 spiro atoms. The lowest BCUT2D eigenvalue weighted by molar-refractivity contribution is -0.0313. The second-order valence-corrected chi connectivity index (χ2v) is 9.38. The summed E-state index contributed by atoms with van der Waals surface area (Å²) in [6, 6.07) is 7.25. The van der Waals surface area contributed by atoms with Crippen LogP contribution in [0.2, 0.25) is 0 Å². The number of alkyl halides is 2. The average molecular weight is 552 g/mol. The fraction of sp³-hybridized carbons (Fsp3) is 0.333. The van der Waals surface area contributed by atoms with Crippen molar-refractivity contribution in [1.29, 1.82) is 0 Å². The van der Waals surface area contributed by atoms with Crippen LogP contribution < -0.4 is 15.0 Å². The number of aromatic nitrogens is 6. The third kappa shape index (κ3) is 6.04. The van der Waals surface area contributed by atoms with Gasteiger partial charge in [0.1, 0.15) is 23.7 Å². The van der Waals surface area contributed by atoms with E-state index in [-0.39, 0.29) is 18.0 Å². The normalized spacial score (nSPS) is 11.5. The van der Waals surface area contributed by atoms with Crippen LogP contribution in [0, 0.1) is 0 Å². The van der Waals surface area contributed by atoms with Gasteiger partial charge in [-0.1, -0.05) is 13.0 Å². The molecule has 1 N–H and O–H groups in total. The molecular weight excluding hydrogens is 520 g/mol. The molecule has 210 valence electrons. The van der Waals surface area contributed by atoms with Crippen molar-refractivity contribution in [3.8, 4) is 17.1 Å². The lowest BCUT2D eigenvalue weighted by Gasteiger charge is -2.25. The number of nitrogens with one attached hydrogen (secondary N) is 1.